The fourth-order valence-corrected chi connectivity index (χ4v) is 4.27. The highest BCUT2D eigenvalue weighted by Crippen LogP contribution is 2.47. The van der Waals surface area contributed by atoms with Gasteiger partial charge in [0, 0.05) is 17.5 Å². The summed E-state index contributed by atoms with van der Waals surface area (Å²) >= 11 is 0. The van der Waals surface area contributed by atoms with Gasteiger partial charge < -0.3 is 4.98 Å². The summed E-state index contributed by atoms with van der Waals surface area (Å²) in [5.74, 6) is 0. The second-order valence-electron chi connectivity index (χ2n) is 7.13. The molecule has 1 nitrogen and oxygen atoms in total. The third-order valence-corrected chi connectivity index (χ3v) is 5.73. The number of fused-ring (bicyclic) bond motifs is 3. The highest BCUT2D eigenvalue weighted by molar-refractivity contribution is 5.92. The molecule has 0 radical (unpaired) electrons. The van der Waals surface area contributed by atoms with Gasteiger partial charge in [-0.05, 0) is 90.8 Å². The molecule has 1 heteroatoms. The Balaban J connectivity index is 2.02. The van der Waals surface area contributed by atoms with Gasteiger partial charge in [-0.2, -0.15) is 0 Å². The van der Waals surface area contributed by atoms with Crippen LogP contribution in [-0.2, 0) is 6.42 Å². The summed E-state index contributed by atoms with van der Waals surface area (Å²) in [5.41, 5.74) is 13.9. The monoisotopic (exact) mass is 339 g/mol. The molecule has 0 bridgehead atoms. The summed E-state index contributed by atoms with van der Waals surface area (Å²) < 4.78 is 0. The Morgan fingerprint density at radius 2 is 1.65 bits per heavy atom. The van der Waals surface area contributed by atoms with Gasteiger partial charge in [0.15, 0.2) is 0 Å². The predicted molar refractivity (Wildman–Crippen MR) is 113 cm³/mol. The van der Waals surface area contributed by atoms with Gasteiger partial charge in [-0.25, -0.2) is 0 Å². The van der Waals surface area contributed by atoms with Crippen LogP contribution in [0.15, 0.2) is 54.8 Å². The van der Waals surface area contributed by atoms with E-state index in [-0.39, 0.29) is 0 Å². The van der Waals surface area contributed by atoms with Gasteiger partial charge in [0.1, 0.15) is 0 Å². The lowest BCUT2D eigenvalue weighted by Gasteiger charge is -2.19. The SMILES string of the molecule is CC=CC=Cc1cccc2c1-c1c(C)c(C)c(C)c(-c3ccc[nH]3)c1C2. The van der Waals surface area contributed by atoms with Crippen LogP contribution in [0.1, 0.15) is 40.3 Å². The Morgan fingerprint density at radius 1 is 0.846 bits per heavy atom. The lowest BCUT2D eigenvalue weighted by atomic mass is 9.86. The summed E-state index contributed by atoms with van der Waals surface area (Å²) in [6.07, 6.45) is 11.5. The molecule has 0 atom stereocenters. The highest BCUT2D eigenvalue weighted by atomic mass is 14.7. The molecule has 3 aromatic rings. The first-order valence-corrected chi connectivity index (χ1v) is 9.31. The molecular weight excluding hydrogens is 314 g/mol. The first kappa shape index (κ1) is 16.7. The molecule has 0 saturated heterocycles. The van der Waals surface area contributed by atoms with Crippen LogP contribution in [-0.4, -0.2) is 4.98 Å². The molecule has 130 valence electrons. The Hall–Kier alpha value is -2.80. The van der Waals surface area contributed by atoms with Crippen LogP contribution < -0.4 is 0 Å². The van der Waals surface area contributed by atoms with Gasteiger partial charge in [-0.15, -0.1) is 0 Å². The predicted octanol–water partition coefficient (Wildman–Crippen LogP) is 6.77. The van der Waals surface area contributed by atoms with E-state index >= 15 is 0 Å². The van der Waals surface area contributed by atoms with Crippen LogP contribution in [0.2, 0.25) is 0 Å². The lowest BCUT2D eigenvalue weighted by molar-refractivity contribution is 1.19. The molecule has 0 unspecified atom stereocenters. The van der Waals surface area contributed by atoms with Crippen molar-refractivity contribution >= 4 is 6.08 Å². The number of allylic oxidation sites excluding steroid dienone is 3. The number of aromatic amines is 1. The second-order valence-corrected chi connectivity index (χ2v) is 7.13. The molecule has 0 amide bonds. The van der Waals surface area contributed by atoms with E-state index in [0.717, 1.165) is 6.42 Å². The first-order chi connectivity index (χ1) is 12.6. The first-order valence-electron chi connectivity index (χ1n) is 9.31. The normalized spacial score (nSPS) is 12.9. The minimum Gasteiger partial charge on any atom is -0.361 e. The molecule has 2 aromatic carbocycles. The van der Waals surface area contributed by atoms with Gasteiger partial charge >= 0.3 is 0 Å². The third kappa shape index (κ3) is 2.47. The highest BCUT2D eigenvalue weighted by Gasteiger charge is 2.28. The zero-order valence-electron chi connectivity index (χ0n) is 16.0. The molecule has 1 N–H and O–H groups in total. The van der Waals surface area contributed by atoms with Gasteiger partial charge in [-0.3, -0.25) is 0 Å². The fraction of sp³-hybridized carbons (Fsp3) is 0.200. The van der Waals surface area contributed by atoms with Crippen LogP contribution in [0, 0.1) is 20.8 Å². The molecule has 1 aliphatic rings. The van der Waals surface area contributed by atoms with Crippen molar-refractivity contribution in [1.29, 1.82) is 0 Å². The lowest BCUT2D eigenvalue weighted by Crippen LogP contribution is -1.99. The van der Waals surface area contributed by atoms with Crippen molar-refractivity contribution in [2.45, 2.75) is 34.1 Å². The summed E-state index contributed by atoms with van der Waals surface area (Å²) in [5, 5.41) is 0. The minimum absolute atomic E-state index is 1.01. The molecule has 0 saturated carbocycles. The molecule has 26 heavy (non-hydrogen) atoms. The maximum atomic E-state index is 3.43. The van der Waals surface area contributed by atoms with Crippen LogP contribution in [0.25, 0.3) is 28.5 Å². The number of nitrogens with one attached hydrogen (secondary N) is 1. The number of hydrogen-bond donors (Lipinski definition) is 1. The van der Waals surface area contributed by atoms with Crippen molar-refractivity contribution in [2.24, 2.45) is 0 Å². The molecule has 0 spiro atoms. The Labute approximate surface area is 156 Å². The molecule has 0 fully saturated rings. The van der Waals surface area contributed by atoms with E-state index in [1.54, 1.807) is 0 Å². The minimum atomic E-state index is 1.01. The molecule has 0 aliphatic heterocycles. The zero-order chi connectivity index (χ0) is 18.3. The number of hydrogen-bond acceptors (Lipinski definition) is 0. The maximum Gasteiger partial charge on any atom is 0.0459 e. The number of H-pyrrole nitrogens is 1. The molecule has 4 rings (SSSR count). The Kier molecular flexibility index (Phi) is 4.16. The molecule has 1 aliphatic carbocycles. The number of aromatic nitrogens is 1. The summed E-state index contributed by atoms with van der Waals surface area (Å²) in [6.45, 7) is 8.84. The average Bonchev–Trinajstić information content (AvgIpc) is 3.28. The summed E-state index contributed by atoms with van der Waals surface area (Å²) in [7, 11) is 0. The van der Waals surface area contributed by atoms with Crippen LogP contribution in [0.3, 0.4) is 0 Å². The van der Waals surface area contributed by atoms with Gasteiger partial charge in [0.05, 0.1) is 0 Å². The topological polar surface area (TPSA) is 15.8 Å². The van der Waals surface area contributed by atoms with Crippen LogP contribution >= 0.6 is 0 Å². The van der Waals surface area contributed by atoms with E-state index in [4.69, 9.17) is 0 Å². The largest absolute Gasteiger partial charge is 0.361 e. The van der Waals surface area contributed by atoms with E-state index < -0.39 is 0 Å². The summed E-state index contributed by atoms with van der Waals surface area (Å²) in [4.78, 5) is 3.43. The molecule has 1 aromatic heterocycles. The number of benzene rings is 2. The summed E-state index contributed by atoms with van der Waals surface area (Å²) in [6, 6.07) is 11.0. The third-order valence-electron chi connectivity index (χ3n) is 5.73. The smallest absolute Gasteiger partial charge is 0.0459 e. The van der Waals surface area contributed by atoms with E-state index in [1.165, 1.54) is 55.8 Å². The van der Waals surface area contributed by atoms with Gasteiger partial charge in [-0.1, -0.05) is 42.5 Å². The van der Waals surface area contributed by atoms with Gasteiger partial charge in [0.25, 0.3) is 0 Å². The van der Waals surface area contributed by atoms with Crippen molar-refractivity contribution in [3.8, 4) is 22.4 Å². The van der Waals surface area contributed by atoms with E-state index in [0.29, 0.717) is 0 Å². The van der Waals surface area contributed by atoms with Crippen molar-refractivity contribution in [3.63, 3.8) is 0 Å². The van der Waals surface area contributed by atoms with Crippen LogP contribution in [0.4, 0.5) is 0 Å². The fourth-order valence-electron chi connectivity index (χ4n) is 4.27. The van der Waals surface area contributed by atoms with Gasteiger partial charge in [0.2, 0.25) is 0 Å². The maximum absolute atomic E-state index is 3.43. The zero-order valence-corrected chi connectivity index (χ0v) is 16.0. The number of rotatable bonds is 3. The Morgan fingerprint density at radius 3 is 2.38 bits per heavy atom. The quantitative estimate of drug-likeness (QED) is 0.397. The van der Waals surface area contributed by atoms with E-state index in [2.05, 4.69) is 80.4 Å². The van der Waals surface area contributed by atoms with Crippen molar-refractivity contribution in [2.75, 3.05) is 0 Å². The standard InChI is InChI=1S/C25H25N/c1-5-6-7-10-19-11-8-12-20-15-21-23(22-13-9-14-26-22)17(3)16(2)18(4)24(21)25(19)20/h5-14,26H,15H2,1-4H3. The molecular formula is C25H25N. The average molecular weight is 339 g/mol. The van der Waals surface area contributed by atoms with Crippen LogP contribution in [0.5, 0.6) is 0 Å². The molecule has 1 heterocycles. The van der Waals surface area contributed by atoms with Crippen molar-refractivity contribution in [1.82, 2.24) is 4.98 Å². The van der Waals surface area contributed by atoms with Crippen molar-refractivity contribution < 1.29 is 0 Å². The van der Waals surface area contributed by atoms with E-state index in [9.17, 15) is 0 Å². The Bertz CT molecular complexity index is 1030. The van der Waals surface area contributed by atoms with Crippen molar-refractivity contribution in [3.05, 3.63) is 88.1 Å². The van der Waals surface area contributed by atoms with E-state index in [1.807, 2.05) is 13.1 Å². The second kappa shape index (κ2) is 6.49.